The predicted molar refractivity (Wildman–Crippen MR) is 104 cm³/mol. The maximum Gasteiger partial charge on any atom is 0.234 e. The molecule has 0 spiro atoms. The zero-order valence-corrected chi connectivity index (χ0v) is 15.4. The van der Waals surface area contributed by atoms with Crippen LogP contribution in [-0.2, 0) is 4.79 Å². The van der Waals surface area contributed by atoms with Gasteiger partial charge in [0.05, 0.1) is 16.0 Å². The van der Waals surface area contributed by atoms with Gasteiger partial charge in [-0.2, -0.15) is 0 Å². The molecule has 5 heteroatoms. The first-order chi connectivity index (χ1) is 11.7. The summed E-state index contributed by atoms with van der Waals surface area (Å²) in [4.78, 5) is 16.9. The van der Waals surface area contributed by atoms with Crippen molar-refractivity contribution in [2.75, 3.05) is 11.1 Å². The quantitative estimate of drug-likeness (QED) is 0.590. The van der Waals surface area contributed by atoms with Crippen LogP contribution in [0.15, 0.2) is 52.9 Å². The number of amides is 1. The van der Waals surface area contributed by atoms with Crippen LogP contribution in [0, 0.1) is 0 Å². The lowest BCUT2D eigenvalue weighted by molar-refractivity contribution is -0.113. The van der Waals surface area contributed by atoms with Gasteiger partial charge in [-0.3, -0.25) is 4.79 Å². The van der Waals surface area contributed by atoms with E-state index in [4.69, 9.17) is 0 Å². The van der Waals surface area contributed by atoms with Gasteiger partial charge in [0.2, 0.25) is 5.91 Å². The molecule has 2 aromatic carbocycles. The van der Waals surface area contributed by atoms with Gasteiger partial charge in [0.25, 0.3) is 0 Å². The molecule has 3 rings (SSSR count). The molecule has 0 radical (unpaired) electrons. The average Bonchev–Trinajstić information content (AvgIpc) is 3.03. The number of hydrogen-bond donors (Lipinski definition) is 1. The fourth-order valence-electron chi connectivity index (χ4n) is 2.49. The molecule has 3 aromatic rings. The van der Waals surface area contributed by atoms with Crippen molar-refractivity contribution in [3.8, 4) is 0 Å². The van der Waals surface area contributed by atoms with Crippen LogP contribution in [0.25, 0.3) is 10.2 Å². The summed E-state index contributed by atoms with van der Waals surface area (Å²) in [5, 5.41) is 3.05. The monoisotopic (exact) mass is 356 g/mol. The first kappa shape index (κ1) is 17.0. The van der Waals surface area contributed by atoms with Crippen LogP contribution in [0.2, 0.25) is 0 Å². The topological polar surface area (TPSA) is 42.0 Å². The third-order valence-electron chi connectivity index (χ3n) is 3.98. The second kappa shape index (κ2) is 7.81. The Labute approximate surface area is 150 Å². The number of rotatable bonds is 6. The summed E-state index contributed by atoms with van der Waals surface area (Å²) in [5.74, 6) is 0.808. The Morgan fingerprint density at radius 1 is 1.21 bits per heavy atom. The first-order valence-corrected chi connectivity index (χ1v) is 9.84. The molecule has 0 aliphatic carbocycles. The highest BCUT2D eigenvalue weighted by Crippen LogP contribution is 2.30. The molecule has 0 unspecified atom stereocenters. The van der Waals surface area contributed by atoms with Gasteiger partial charge in [-0.05, 0) is 36.1 Å². The van der Waals surface area contributed by atoms with Gasteiger partial charge in [-0.15, -0.1) is 11.3 Å². The largest absolute Gasteiger partial charge is 0.325 e. The van der Waals surface area contributed by atoms with Crippen LogP contribution in [0.3, 0.4) is 0 Å². The van der Waals surface area contributed by atoms with Gasteiger partial charge in [-0.1, -0.05) is 55.9 Å². The lowest BCUT2D eigenvalue weighted by atomic mass is 9.97. The van der Waals surface area contributed by atoms with Crippen molar-refractivity contribution in [3.05, 3.63) is 54.1 Å². The third kappa shape index (κ3) is 3.97. The minimum Gasteiger partial charge on any atom is -0.325 e. The van der Waals surface area contributed by atoms with Crippen molar-refractivity contribution in [3.63, 3.8) is 0 Å². The van der Waals surface area contributed by atoms with Crippen LogP contribution in [0.5, 0.6) is 0 Å². The number of carbonyl (C=O) groups is 1. The molecule has 3 nitrogen and oxygen atoms in total. The Morgan fingerprint density at radius 2 is 1.96 bits per heavy atom. The molecule has 1 amide bonds. The SMILES string of the molecule is CC[C@H](C)c1ccccc1NC(=O)CSc1nc2ccccc2s1. The number of fused-ring (bicyclic) bond motifs is 1. The Bertz CT molecular complexity index is 811. The van der Waals surface area contributed by atoms with Crippen LogP contribution in [-0.4, -0.2) is 16.6 Å². The summed E-state index contributed by atoms with van der Waals surface area (Å²) in [6.45, 7) is 4.34. The molecule has 24 heavy (non-hydrogen) atoms. The van der Waals surface area contributed by atoms with Crippen LogP contribution >= 0.6 is 23.1 Å². The van der Waals surface area contributed by atoms with Crippen LogP contribution in [0.1, 0.15) is 31.7 Å². The summed E-state index contributed by atoms with van der Waals surface area (Å²) < 4.78 is 2.09. The molecule has 1 N–H and O–H groups in total. The maximum absolute atomic E-state index is 12.3. The molecule has 124 valence electrons. The van der Waals surface area contributed by atoms with E-state index in [1.54, 1.807) is 11.3 Å². The Kier molecular flexibility index (Phi) is 5.53. The van der Waals surface area contributed by atoms with E-state index in [1.165, 1.54) is 17.3 Å². The van der Waals surface area contributed by atoms with Gasteiger partial charge < -0.3 is 5.32 Å². The van der Waals surface area contributed by atoms with Gasteiger partial charge in [0, 0.05) is 5.69 Å². The highest BCUT2D eigenvalue weighted by molar-refractivity contribution is 8.01. The van der Waals surface area contributed by atoms with E-state index in [0.717, 1.165) is 26.7 Å². The van der Waals surface area contributed by atoms with Crippen molar-refractivity contribution < 1.29 is 4.79 Å². The lowest BCUT2D eigenvalue weighted by Gasteiger charge is -2.15. The molecule has 0 aliphatic heterocycles. The minimum absolute atomic E-state index is 0.00927. The number of nitrogens with one attached hydrogen (secondary N) is 1. The van der Waals surface area contributed by atoms with Gasteiger partial charge in [0.1, 0.15) is 0 Å². The van der Waals surface area contributed by atoms with E-state index in [0.29, 0.717) is 11.7 Å². The summed E-state index contributed by atoms with van der Waals surface area (Å²) in [5.41, 5.74) is 3.10. The molecule has 0 bridgehead atoms. The number of nitrogens with zero attached hydrogens (tertiary/aromatic N) is 1. The number of thioether (sulfide) groups is 1. The van der Waals surface area contributed by atoms with Gasteiger partial charge >= 0.3 is 0 Å². The molecule has 1 aromatic heterocycles. The van der Waals surface area contributed by atoms with E-state index in [-0.39, 0.29) is 5.91 Å². The van der Waals surface area contributed by atoms with E-state index >= 15 is 0 Å². The van der Waals surface area contributed by atoms with Crippen LogP contribution < -0.4 is 5.32 Å². The maximum atomic E-state index is 12.3. The van der Waals surface area contributed by atoms with Crippen molar-refractivity contribution in [1.29, 1.82) is 0 Å². The molecule has 0 saturated carbocycles. The van der Waals surface area contributed by atoms with Gasteiger partial charge in [0.15, 0.2) is 4.34 Å². The van der Waals surface area contributed by atoms with E-state index in [2.05, 4.69) is 36.3 Å². The fraction of sp³-hybridized carbons (Fsp3) is 0.263. The summed E-state index contributed by atoms with van der Waals surface area (Å²) in [6, 6.07) is 16.1. The number of para-hydroxylation sites is 2. The van der Waals surface area contributed by atoms with Crippen LogP contribution in [0.4, 0.5) is 5.69 Å². The second-order valence-corrected chi connectivity index (χ2v) is 7.93. The normalized spacial score (nSPS) is 12.2. The molecular formula is C19H20N2OS2. The number of anilines is 1. The highest BCUT2D eigenvalue weighted by Gasteiger charge is 2.12. The van der Waals surface area contributed by atoms with Crippen molar-refractivity contribution >= 4 is 44.9 Å². The molecule has 0 saturated heterocycles. The standard InChI is InChI=1S/C19H20N2OS2/c1-3-13(2)14-8-4-5-9-15(14)20-18(22)12-23-19-21-16-10-6-7-11-17(16)24-19/h4-11,13H,3,12H2,1-2H3,(H,20,22)/t13-/m0/s1. The average molecular weight is 357 g/mol. The number of aromatic nitrogens is 1. The zero-order chi connectivity index (χ0) is 16.9. The summed E-state index contributed by atoms with van der Waals surface area (Å²) in [7, 11) is 0. The molecule has 0 aliphatic rings. The van der Waals surface area contributed by atoms with Gasteiger partial charge in [-0.25, -0.2) is 4.98 Å². The minimum atomic E-state index is 0.00927. The Hall–Kier alpha value is -1.85. The second-order valence-electron chi connectivity index (χ2n) is 5.68. The van der Waals surface area contributed by atoms with Crippen molar-refractivity contribution in [2.24, 2.45) is 0 Å². The fourth-order valence-corrected chi connectivity index (χ4v) is 4.36. The predicted octanol–water partition coefficient (Wildman–Crippen LogP) is 5.54. The smallest absolute Gasteiger partial charge is 0.234 e. The molecular weight excluding hydrogens is 336 g/mol. The van der Waals surface area contributed by atoms with E-state index < -0.39 is 0 Å². The van der Waals surface area contributed by atoms with Crippen molar-refractivity contribution in [1.82, 2.24) is 4.98 Å². The lowest BCUT2D eigenvalue weighted by Crippen LogP contribution is -2.15. The van der Waals surface area contributed by atoms with E-state index in [1.807, 2.05) is 36.4 Å². The molecule has 1 heterocycles. The molecule has 1 atom stereocenters. The number of benzene rings is 2. The van der Waals surface area contributed by atoms with E-state index in [9.17, 15) is 4.79 Å². The zero-order valence-electron chi connectivity index (χ0n) is 13.8. The molecule has 0 fully saturated rings. The van der Waals surface area contributed by atoms with Crippen molar-refractivity contribution in [2.45, 2.75) is 30.5 Å². The number of thiazole rings is 1. The third-order valence-corrected chi connectivity index (χ3v) is 6.16. The highest BCUT2D eigenvalue weighted by atomic mass is 32.2. The number of hydrogen-bond acceptors (Lipinski definition) is 4. The summed E-state index contributed by atoms with van der Waals surface area (Å²) in [6.07, 6.45) is 1.05. The number of carbonyl (C=O) groups excluding carboxylic acids is 1. The Balaban J connectivity index is 1.64. The summed E-state index contributed by atoms with van der Waals surface area (Å²) >= 11 is 3.12. The first-order valence-electron chi connectivity index (χ1n) is 8.04. The Morgan fingerprint density at radius 3 is 2.75 bits per heavy atom.